The number of aromatic carboxylic acids is 1. The zero-order chi connectivity index (χ0) is 12.9. The number of rotatable bonds is 1. The normalized spacial score (nSPS) is 16.2. The highest BCUT2D eigenvalue weighted by atomic mass is 19.1. The number of carboxylic acids is 1. The largest absolute Gasteiger partial charge is 0.478 e. The minimum absolute atomic E-state index is 0.164. The van der Waals surface area contributed by atoms with Gasteiger partial charge in [0.1, 0.15) is 5.82 Å². The maximum Gasteiger partial charge on any atom is 0.335 e. The average molecular weight is 243 g/mol. The van der Waals surface area contributed by atoms with E-state index in [9.17, 15) is 9.18 Å². The van der Waals surface area contributed by atoms with Crippen molar-refractivity contribution in [3.63, 3.8) is 0 Å². The van der Waals surface area contributed by atoms with Gasteiger partial charge in [-0.3, -0.25) is 0 Å². The molecule has 0 spiro atoms. The van der Waals surface area contributed by atoms with Crippen molar-refractivity contribution < 1.29 is 14.3 Å². The van der Waals surface area contributed by atoms with Crippen LogP contribution in [0.5, 0.6) is 0 Å². The lowest BCUT2D eigenvalue weighted by molar-refractivity contribution is 0.0697. The van der Waals surface area contributed by atoms with Crippen LogP contribution in [0.3, 0.4) is 0 Å². The molecule has 1 aliphatic carbocycles. The molecule has 0 heterocycles. The van der Waals surface area contributed by atoms with Crippen LogP contribution in [0.15, 0.2) is 36.4 Å². The Kier molecular flexibility index (Phi) is 2.21. The summed E-state index contributed by atoms with van der Waals surface area (Å²) in [6.07, 6.45) is 0. The van der Waals surface area contributed by atoms with E-state index in [0.717, 1.165) is 0 Å². The number of hydrogen-bond donors (Lipinski definition) is 2. The number of carboxylic acid groups (broad SMARTS) is 1. The Morgan fingerprint density at radius 1 is 1.22 bits per heavy atom. The molecule has 0 aliphatic heterocycles. The lowest BCUT2D eigenvalue weighted by Gasteiger charge is -2.06. The molecule has 0 saturated carbocycles. The van der Waals surface area contributed by atoms with E-state index in [-0.39, 0.29) is 11.4 Å². The van der Waals surface area contributed by atoms with Gasteiger partial charge in [0.05, 0.1) is 11.6 Å². The molecule has 90 valence electrons. The van der Waals surface area contributed by atoms with Crippen LogP contribution in [0, 0.1) is 5.82 Å². The van der Waals surface area contributed by atoms with E-state index in [1.165, 1.54) is 18.2 Å². The number of hydrogen-bond acceptors (Lipinski definition) is 2. The lowest BCUT2D eigenvalue weighted by atomic mass is 10.0. The predicted octanol–water partition coefficient (Wildman–Crippen LogP) is 2.55. The third-order valence-corrected chi connectivity index (χ3v) is 3.28. The van der Waals surface area contributed by atoms with Gasteiger partial charge in [-0.1, -0.05) is 18.2 Å². The molecular weight excluding hydrogens is 233 g/mol. The number of carbonyl (C=O) groups is 1. The lowest BCUT2D eigenvalue weighted by Crippen LogP contribution is -2.09. The molecule has 3 N–H and O–H groups in total. The van der Waals surface area contributed by atoms with E-state index >= 15 is 0 Å². The van der Waals surface area contributed by atoms with Crippen LogP contribution in [-0.4, -0.2) is 11.1 Å². The van der Waals surface area contributed by atoms with Crippen LogP contribution < -0.4 is 5.73 Å². The third-order valence-electron chi connectivity index (χ3n) is 3.28. The zero-order valence-corrected chi connectivity index (χ0v) is 9.35. The van der Waals surface area contributed by atoms with E-state index in [1.807, 2.05) is 0 Å². The molecule has 1 aliphatic rings. The number of nitrogens with two attached hydrogens (primary N) is 1. The summed E-state index contributed by atoms with van der Waals surface area (Å²) >= 11 is 0. The maximum absolute atomic E-state index is 13.8. The Balaban J connectivity index is 2.28. The van der Waals surface area contributed by atoms with Gasteiger partial charge >= 0.3 is 5.97 Å². The van der Waals surface area contributed by atoms with Crippen LogP contribution in [0.4, 0.5) is 4.39 Å². The van der Waals surface area contributed by atoms with Crippen molar-refractivity contribution in [1.82, 2.24) is 0 Å². The second-order valence-electron chi connectivity index (χ2n) is 4.29. The Labute approximate surface area is 103 Å². The van der Waals surface area contributed by atoms with Gasteiger partial charge in [0, 0.05) is 5.56 Å². The Hall–Kier alpha value is -2.20. The van der Waals surface area contributed by atoms with Crippen molar-refractivity contribution >= 4 is 5.97 Å². The molecule has 1 atom stereocenters. The summed E-state index contributed by atoms with van der Waals surface area (Å²) in [5.41, 5.74) is 8.73. The van der Waals surface area contributed by atoms with E-state index in [1.54, 1.807) is 18.2 Å². The van der Waals surface area contributed by atoms with Gasteiger partial charge in [-0.05, 0) is 34.9 Å². The van der Waals surface area contributed by atoms with Crippen molar-refractivity contribution in [1.29, 1.82) is 0 Å². The average Bonchev–Trinajstić information content (AvgIpc) is 2.64. The highest BCUT2D eigenvalue weighted by Crippen LogP contribution is 2.43. The molecule has 0 bridgehead atoms. The van der Waals surface area contributed by atoms with Gasteiger partial charge in [-0.25, -0.2) is 9.18 Å². The van der Waals surface area contributed by atoms with Gasteiger partial charge in [0.25, 0.3) is 0 Å². The Bertz CT molecular complexity index is 667. The van der Waals surface area contributed by atoms with Gasteiger partial charge in [-0.15, -0.1) is 0 Å². The molecule has 2 aromatic carbocycles. The van der Waals surface area contributed by atoms with E-state index in [0.29, 0.717) is 22.3 Å². The molecule has 0 fully saturated rings. The minimum Gasteiger partial charge on any atom is -0.478 e. The summed E-state index contributed by atoms with van der Waals surface area (Å²) in [6.45, 7) is 0. The van der Waals surface area contributed by atoms with Gasteiger partial charge in [-0.2, -0.15) is 0 Å². The fourth-order valence-electron chi connectivity index (χ4n) is 2.43. The van der Waals surface area contributed by atoms with Gasteiger partial charge in [0.15, 0.2) is 0 Å². The van der Waals surface area contributed by atoms with Crippen LogP contribution >= 0.6 is 0 Å². The standard InChI is InChI=1S/C14H10FNO2/c15-11-3-1-2-9-12(11)8-5-4-7(14(17)18)6-10(8)13(9)16/h1-6,13H,16H2,(H,17,18). The van der Waals surface area contributed by atoms with Crippen LogP contribution in [0.25, 0.3) is 11.1 Å². The van der Waals surface area contributed by atoms with Crippen molar-refractivity contribution in [3.05, 3.63) is 58.9 Å². The first-order chi connectivity index (χ1) is 8.59. The number of fused-ring (bicyclic) bond motifs is 3. The Morgan fingerprint density at radius 2 is 2.00 bits per heavy atom. The summed E-state index contributed by atoms with van der Waals surface area (Å²) in [7, 11) is 0. The van der Waals surface area contributed by atoms with Crippen molar-refractivity contribution in [2.24, 2.45) is 5.73 Å². The molecule has 0 aromatic heterocycles. The number of benzene rings is 2. The van der Waals surface area contributed by atoms with Crippen LogP contribution in [-0.2, 0) is 0 Å². The smallest absolute Gasteiger partial charge is 0.335 e. The molecule has 1 unspecified atom stereocenters. The van der Waals surface area contributed by atoms with Crippen LogP contribution in [0.2, 0.25) is 0 Å². The van der Waals surface area contributed by atoms with E-state index in [4.69, 9.17) is 10.8 Å². The molecule has 3 nitrogen and oxygen atoms in total. The van der Waals surface area contributed by atoms with E-state index in [2.05, 4.69) is 0 Å². The first-order valence-corrected chi connectivity index (χ1v) is 5.51. The summed E-state index contributed by atoms with van der Waals surface area (Å²) in [4.78, 5) is 10.9. The summed E-state index contributed by atoms with van der Waals surface area (Å²) < 4.78 is 13.8. The third kappa shape index (κ3) is 1.36. The summed E-state index contributed by atoms with van der Waals surface area (Å²) in [5, 5.41) is 8.96. The van der Waals surface area contributed by atoms with Crippen LogP contribution in [0.1, 0.15) is 27.5 Å². The van der Waals surface area contributed by atoms with Gasteiger partial charge < -0.3 is 10.8 Å². The second kappa shape index (κ2) is 3.65. The van der Waals surface area contributed by atoms with E-state index < -0.39 is 12.0 Å². The van der Waals surface area contributed by atoms with Crippen molar-refractivity contribution in [3.8, 4) is 11.1 Å². The molecule has 0 radical (unpaired) electrons. The SMILES string of the molecule is NC1c2cc(C(=O)O)ccc2-c2c(F)cccc21. The number of halogens is 1. The molecule has 0 saturated heterocycles. The summed E-state index contributed by atoms with van der Waals surface area (Å²) in [5.74, 6) is -1.34. The van der Waals surface area contributed by atoms with Crippen molar-refractivity contribution in [2.75, 3.05) is 0 Å². The predicted molar refractivity (Wildman–Crippen MR) is 64.8 cm³/mol. The molecule has 0 amide bonds. The fraction of sp³-hybridized carbons (Fsp3) is 0.0714. The minimum atomic E-state index is -1.01. The second-order valence-corrected chi connectivity index (χ2v) is 4.29. The quantitative estimate of drug-likeness (QED) is 0.809. The molecule has 4 heteroatoms. The first kappa shape index (κ1) is 10.9. The van der Waals surface area contributed by atoms with Crippen molar-refractivity contribution in [2.45, 2.75) is 6.04 Å². The Morgan fingerprint density at radius 3 is 2.72 bits per heavy atom. The van der Waals surface area contributed by atoms with Gasteiger partial charge in [0.2, 0.25) is 0 Å². The highest BCUT2D eigenvalue weighted by Gasteiger charge is 2.28. The molecular formula is C14H10FNO2. The maximum atomic E-state index is 13.8. The summed E-state index contributed by atoms with van der Waals surface area (Å²) in [6, 6.07) is 8.89. The molecule has 2 aromatic rings. The monoisotopic (exact) mass is 243 g/mol. The molecule has 18 heavy (non-hydrogen) atoms. The highest BCUT2D eigenvalue weighted by molar-refractivity contribution is 5.90. The first-order valence-electron chi connectivity index (χ1n) is 5.51. The molecule has 3 rings (SSSR count). The zero-order valence-electron chi connectivity index (χ0n) is 9.35. The topological polar surface area (TPSA) is 63.3 Å². The fourth-order valence-corrected chi connectivity index (χ4v) is 2.43.